The first-order valence-electron chi connectivity index (χ1n) is 8.74. The molecular weight excluding hydrogens is 385 g/mol. The lowest BCUT2D eigenvalue weighted by atomic mass is 10.0. The summed E-state index contributed by atoms with van der Waals surface area (Å²) >= 11 is 1.01. The Labute approximate surface area is 166 Å². The molecule has 0 fully saturated rings. The second kappa shape index (κ2) is 9.41. The smallest absolute Gasteiger partial charge is 0.350 e. The van der Waals surface area contributed by atoms with Gasteiger partial charge >= 0.3 is 5.97 Å². The maximum absolute atomic E-state index is 13.0. The van der Waals surface area contributed by atoms with Crippen LogP contribution in [0.4, 0.5) is 9.52 Å². The molecule has 0 bridgehead atoms. The maximum atomic E-state index is 13.0. The van der Waals surface area contributed by atoms with Gasteiger partial charge < -0.3 is 15.4 Å². The van der Waals surface area contributed by atoms with Crippen LogP contribution in [0.5, 0.6) is 0 Å². The minimum atomic E-state index is -0.840. The Morgan fingerprint density at radius 1 is 1.21 bits per heavy atom. The van der Waals surface area contributed by atoms with E-state index in [4.69, 9.17) is 4.74 Å². The van der Waals surface area contributed by atoms with Gasteiger partial charge in [0.2, 0.25) is 5.91 Å². The third-order valence-corrected chi connectivity index (χ3v) is 4.88. The van der Waals surface area contributed by atoms with Crippen molar-refractivity contribution >= 4 is 34.3 Å². The number of hydrogen-bond donors (Lipinski definition) is 2. The molecule has 0 unspecified atom stereocenters. The number of ether oxygens (including phenoxy) is 1. The highest BCUT2D eigenvalue weighted by Crippen LogP contribution is 2.24. The molecule has 7 nitrogen and oxygen atoms in total. The van der Waals surface area contributed by atoms with Crippen LogP contribution in [0.2, 0.25) is 0 Å². The molecule has 0 aliphatic carbocycles. The number of nitrogens with zero attached hydrogens (tertiary/aromatic N) is 1. The molecule has 2 rings (SSSR count). The van der Waals surface area contributed by atoms with E-state index in [1.807, 2.05) is 0 Å². The fraction of sp³-hybridized carbons (Fsp3) is 0.368. The zero-order chi connectivity index (χ0) is 20.8. The summed E-state index contributed by atoms with van der Waals surface area (Å²) in [5.74, 6) is -2.12. The molecule has 0 aliphatic heterocycles. The normalized spacial score (nSPS) is 11.8. The van der Waals surface area contributed by atoms with Gasteiger partial charge in [0.25, 0.3) is 5.91 Å². The fourth-order valence-electron chi connectivity index (χ4n) is 2.38. The van der Waals surface area contributed by atoms with Gasteiger partial charge in [0.15, 0.2) is 5.13 Å². The third-order valence-electron chi connectivity index (χ3n) is 3.83. The Morgan fingerprint density at radius 3 is 2.43 bits per heavy atom. The average Bonchev–Trinajstić information content (AvgIpc) is 3.00. The van der Waals surface area contributed by atoms with Gasteiger partial charge in [0.05, 0.1) is 12.3 Å². The third kappa shape index (κ3) is 5.35. The van der Waals surface area contributed by atoms with Crippen LogP contribution in [0.1, 0.15) is 46.5 Å². The number of nitrogens with one attached hydrogen (secondary N) is 2. The highest BCUT2D eigenvalue weighted by atomic mass is 32.1. The van der Waals surface area contributed by atoms with Crippen LogP contribution < -0.4 is 10.6 Å². The van der Waals surface area contributed by atoms with E-state index in [0.29, 0.717) is 10.6 Å². The number of benzene rings is 1. The van der Waals surface area contributed by atoms with Gasteiger partial charge in [-0.25, -0.2) is 14.2 Å². The molecule has 2 N–H and O–H groups in total. The van der Waals surface area contributed by atoms with Gasteiger partial charge in [0.1, 0.15) is 16.7 Å². The Morgan fingerprint density at radius 2 is 1.86 bits per heavy atom. The van der Waals surface area contributed by atoms with E-state index in [1.54, 1.807) is 27.7 Å². The first-order valence-corrected chi connectivity index (χ1v) is 9.56. The average molecular weight is 407 g/mol. The molecule has 2 amide bonds. The summed E-state index contributed by atoms with van der Waals surface area (Å²) in [4.78, 5) is 41.4. The molecule has 1 aromatic carbocycles. The Hall–Kier alpha value is -2.81. The molecule has 9 heteroatoms. The summed E-state index contributed by atoms with van der Waals surface area (Å²) in [5.41, 5.74) is 0.699. The largest absolute Gasteiger partial charge is 0.462 e. The molecule has 1 aromatic heterocycles. The lowest BCUT2D eigenvalue weighted by Gasteiger charge is -2.21. The molecule has 150 valence electrons. The minimum absolute atomic E-state index is 0.213. The number of esters is 1. The topological polar surface area (TPSA) is 97.4 Å². The predicted molar refractivity (Wildman–Crippen MR) is 104 cm³/mol. The molecular formula is C19H22FN3O4S. The van der Waals surface area contributed by atoms with Crippen molar-refractivity contribution in [2.24, 2.45) is 5.92 Å². The number of carbonyl (C=O) groups is 3. The van der Waals surface area contributed by atoms with E-state index in [2.05, 4.69) is 15.6 Å². The summed E-state index contributed by atoms with van der Waals surface area (Å²) in [5, 5.41) is 5.52. The first kappa shape index (κ1) is 21.5. The highest BCUT2D eigenvalue weighted by molar-refractivity contribution is 7.17. The summed E-state index contributed by atoms with van der Waals surface area (Å²) in [6.45, 7) is 7.16. The number of aromatic nitrogens is 1. The van der Waals surface area contributed by atoms with Gasteiger partial charge in [-0.2, -0.15) is 0 Å². The number of anilines is 1. The van der Waals surface area contributed by atoms with Gasteiger partial charge in [-0.3, -0.25) is 9.59 Å². The van der Waals surface area contributed by atoms with Crippen molar-refractivity contribution in [3.8, 4) is 0 Å². The number of halogens is 1. The minimum Gasteiger partial charge on any atom is -0.462 e. The summed E-state index contributed by atoms with van der Waals surface area (Å²) in [7, 11) is 0. The van der Waals surface area contributed by atoms with Gasteiger partial charge in [-0.1, -0.05) is 25.2 Å². The van der Waals surface area contributed by atoms with Gasteiger partial charge in [-0.05, 0) is 44.0 Å². The lowest BCUT2D eigenvalue weighted by Crippen LogP contribution is -2.47. The van der Waals surface area contributed by atoms with Crippen molar-refractivity contribution in [1.29, 1.82) is 0 Å². The summed E-state index contributed by atoms with van der Waals surface area (Å²) < 4.78 is 18.0. The molecule has 1 heterocycles. The maximum Gasteiger partial charge on any atom is 0.350 e. The predicted octanol–water partition coefficient (Wildman–Crippen LogP) is 3.16. The molecule has 1 atom stereocenters. The van der Waals surface area contributed by atoms with Crippen LogP contribution in [-0.4, -0.2) is 35.4 Å². The first-order chi connectivity index (χ1) is 13.2. The van der Waals surface area contributed by atoms with Crippen molar-refractivity contribution in [2.75, 3.05) is 11.9 Å². The molecule has 0 spiro atoms. The summed E-state index contributed by atoms with van der Waals surface area (Å²) in [6, 6.07) is 4.20. The van der Waals surface area contributed by atoms with Crippen LogP contribution >= 0.6 is 11.3 Å². The number of rotatable bonds is 7. The van der Waals surface area contributed by atoms with E-state index < -0.39 is 29.6 Å². The second-order valence-electron chi connectivity index (χ2n) is 6.35. The molecule has 2 aromatic rings. The van der Waals surface area contributed by atoms with Crippen LogP contribution in [0.25, 0.3) is 0 Å². The van der Waals surface area contributed by atoms with Crippen molar-refractivity contribution in [3.05, 3.63) is 46.2 Å². The number of aryl methyl sites for hydroxylation is 1. The zero-order valence-electron chi connectivity index (χ0n) is 16.0. The second-order valence-corrected chi connectivity index (χ2v) is 7.34. The number of amides is 2. The number of hydrogen-bond acceptors (Lipinski definition) is 6. The molecule has 0 saturated heterocycles. The molecule has 0 radical (unpaired) electrons. The van der Waals surface area contributed by atoms with E-state index in [0.717, 1.165) is 11.3 Å². The Bertz CT molecular complexity index is 865. The van der Waals surface area contributed by atoms with Crippen LogP contribution in [-0.2, 0) is 9.53 Å². The van der Waals surface area contributed by atoms with Crippen molar-refractivity contribution in [2.45, 2.75) is 33.7 Å². The van der Waals surface area contributed by atoms with Crippen molar-refractivity contribution in [3.63, 3.8) is 0 Å². The zero-order valence-corrected chi connectivity index (χ0v) is 16.9. The Balaban J connectivity index is 2.11. The Kier molecular flexibility index (Phi) is 7.22. The standard InChI is InChI=1S/C19H22FN3O4S/c1-5-27-18(26)15-11(4)21-19(28-15)23-17(25)14(10(2)3)22-16(24)12-6-8-13(20)9-7-12/h6-10,14H,5H2,1-4H3,(H,22,24)(H,21,23,25)/t14-/m0/s1. The number of thiazole rings is 1. The van der Waals surface area contributed by atoms with Gasteiger partial charge in [0, 0.05) is 5.56 Å². The molecule has 0 aliphatic rings. The van der Waals surface area contributed by atoms with E-state index in [-0.39, 0.29) is 23.2 Å². The monoisotopic (exact) mass is 407 g/mol. The van der Waals surface area contributed by atoms with Crippen LogP contribution in [0.15, 0.2) is 24.3 Å². The van der Waals surface area contributed by atoms with Crippen LogP contribution in [0.3, 0.4) is 0 Å². The number of carbonyl (C=O) groups excluding carboxylic acids is 3. The SMILES string of the molecule is CCOC(=O)c1sc(NC(=O)[C@@H](NC(=O)c2ccc(F)cc2)C(C)C)nc1C. The molecule has 28 heavy (non-hydrogen) atoms. The van der Waals surface area contributed by atoms with Crippen molar-refractivity contribution < 1.29 is 23.5 Å². The molecule has 0 saturated carbocycles. The van der Waals surface area contributed by atoms with E-state index in [1.165, 1.54) is 24.3 Å². The van der Waals surface area contributed by atoms with E-state index >= 15 is 0 Å². The van der Waals surface area contributed by atoms with Crippen LogP contribution in [0, 0.1) is 18.7 Å². The lowest BCUT2D eigenvalue weighted by molar-refractivity contribution is -0.118. The quantitative estimate of drug-likeness (QED) is 0.687. The fourth-order valence-corrected chi connectivity index (χ4v) is 3.24. The van der Waals surface area contributed by atoms with Gasteiger partial charge in [-0.15, -0.1) is 0 Å². The van der Waals surface area contributed by atoms with E-state index in [9.17, 15) is 18.8 Å². The highest BCUT2D eigenvalue weighted by Gasteiger charge is 2.26. The van der Waals surface area contributed by atoms with Crippen molar-refractivity contribution in [1.82, 2.24) is 10.3 Å². The summed E-state index contributed by atoms with van der Waals surface area (Å²) in [6.07, 6.45) is 0.